The first-order chi connectivity index (χ1) is 22.8. The molecule has 0 saturated carbocycles. The van der Waals surface area contributed by atoms with Crippen molar-refractivity contribution >= 4 is 35.1 Å². The van der Waals surface area contributed by atoms with Gasteiger partial charge in [0.1, 0.15) is 5.75 Å². The van der Waals surface area contributed by atoms with Gasteiger partial charge in [0, 0.05) is 30.5 Å². The van der Waals surface area contributed by atoms with Crippen LogP contribution in [-0.4, -0.2) is 30.2 Å². The van der Waals surface area contributed by atoms with Crippen LogP contribution in [0.25, 0.3) is 0 Å². The molecule has 236 valence electrons. The summed E-state index contributed by atoms with van der Waals surface area (Å²) in [5, 5.41) is 0. The molecule has 7 heteroatoms. The molecular weight excluding hydrogens is 588 g/mol. The van der Waals surface area contributed by atoms with Crippen LogP contribution in [0.4, 0.5) is 11.4 Å². The maximum atomic E-state index is 14.2. The Morgan fingerprint density at radius 1 is 0.745 bits per heavy atom. The number of hydrogen-bond donors (Lipinski definition) is 0. The van der Waals surface area contributed by atoms with Crippen molar-refractivity contribution in [3.05, 3.63) is 124 Å². The van der Waals surface area contributed by atoms with Crippen molar-refractivity contribution in [1.29, 1.82) is 0 Å². The summed E-state index contributed by atoms with van der Waals surface area (Å²) in [6, 6.07) is 27.5. The van der Waals surface area contributed by atoms with Crippen molar-refractivity contribution in [2.24, 2.45) is 17.8 Å². The Bertz CT molecular complexity index is 1860. The van der Waals surface area contributed by atoms with Crippen LogP contribution in [0.15, 0.2) is 84.9 Å². The van der Waals surface area contributed by atoms with Gasteiger partial charge in [0.2, 0.25) is 17.7 Å². The van der Waals surface area contributed by atoms with Crippen molar-refractivity contribution in [3.8, 4) is 5.75 Å². The van der Waals surface area contributed by atoms with E-state index < -0.39 is 23.7 Å². The molecule has 4 aromatic rings. The summed E-state index contributed by atoms with van der Waals surface area (Å²) in [5.74, 6) is -2.48. The molecule has 3 atom stereocenters. The van der Waals surface area contributed by atoms with Crippen LogP contribution in [0, 0.1) is 24.7 Å². The average Bonchev–Trinajstić information content (AvgIpc) is 3.60. The van der Waals surface area contributed by atoms with Crippen LogP contribution in [-0.2, 0) is 32.0 Å². The number of hydrogen-bond acceptors (Lipinski definition) is 5. The van der Waals surface area contributed by atoms with E-state index in [1.807, 2.05) is 49.4 Å². The summed E-state index contributed by atoms with van der Waals surface area (Å²) >= 11 is 0. The van der Waals surface area contributed by atoms with Gasteiger partial charge in [0.15, 0.2) is 0 Å². The van der Waals surface area contributed by atoms with Crippen LogP contribution >= 0.6 is 0 Å². The summed E-state index contributed by atoms with van der Waals surface area (Å²) < 4.78 is 5.81. The third kappa shape index (κ3) is 4.32. The quantitative estimate of drug-likeness (QED) is 0.139. The Kier molecular flexibility index (Phi) is 6.90. The van der Waals surface area contributed by atoms with Gasteiger partial charge in [-0.1, -0.05) is 80.6 Å². The van der Waals surface area contributed by atoms with Crippen molar-refractivity contribution in [3.63, 3.8) is 0 Å². The van der Waals surface area contributed by atoms with Gasteiger partial charge < -0.3 is 9.64 Å². The minimum absolute atomic E-state index is 0.0835. The zero-order valence-corrected chi connectivity index (χ0v) is 26.7. The monoisotopic (exact) mass is 624 g/mol. The second-order valence-electron chi connectivity index (χ2n) is 13.2. The lowest BCUT2D eigenvalue weighted by Crippen LogP contribution is -2.41. The number of para-hydroxylation sites is 1. The maximum Gasteiger partial charge on any atom is 0.316 e. The minimum Gasteiger partial charge on any atom is -0.426 e. The molecule has 7 nitrogen and oxygen atoms in total. The van der Waals surface area contributed by atoms with Gasteiger partial charge >= 0.3 is 5.97 Å². The molecule has 2 heterocycles. The molecule has 2 fully saturated rings. The highest BCUT2D eigenvalue weighted by Crippen LogP contribution is 2.61. The van der Waals surface area contributed by atoms with Gasteiger partial charge in [0.05, 0.1) is 23.4 Å². The first kappa shape index (κ1) is 29.4. The summed E-state index contributed by atoms with van der Waals surface area (Å²) in [6.45, 7) is 6.22. The Balaban J connectivity index is 1.04. The fourth-order valence-electron chi connectivity index (χ4n) is 8.70. The molecule has 2 aliphatic heterocycles. The molecule has 0 N–H and O–H groups in total. The lowest BCUT2D eigenvalue weighted by atomic mass is 9.55. The van der Waals surface area contributed by atoms with E-state index in [4.69, 9.17) is 4.74 Å². The van der Waals surface area contributed by atoms with Crippen LogP contribution in [0.5, 0.6) is 5.75 Å². The van der Waals surface area contributed by atoms with E-state index in [1.165, 1.54) is 4.90 Å². The van der Waals surface area contributed by atoms with Crippen LogP contribution < -0.4 is 14.5 Å². The van der Waals surface area contributed by atoms with E-state index in [-0.39, 0.29) is 42.5 Å². The Labute approximate surface area is 274 Å². The van der Waals surface area contributed by atoms with Gasteiger partial charge in [-0.15, -0.1) is 0 Å². The third-order valence-corrected chi connectivity index (χ3v) is 10.8. The summed E-state index contributed by atoms with van der Waals surface area (Å²) in [5.41, 5.74) is 8.78. The lowest BCUT2D eigenvalue weighted by Gasteiger charge is -2.45. The molecule has 3 amide bonds. The fraction of sp³-hybridized carbons (Fsp3) is 0.300. The molecule has 0 aromatic heterocycles. The van der Waals surface area contributed by atoms with Crippen molar-refractivity contribution in [2.75, 3.05) is 16.3 Å². The van der Waals surface area contributed by atoms with Gasteiger partial charge in [-0.05, 0) is 76.9 Å². The van der Waals surface area contributed by atoms with Gasteiger partial charge in [0.25, 0.3) is 0 Å². The summed E-state index contributed by atoms with van der Waals surface area (Å²) in [4.78, 5) is 58.0. The molecule has 0 unspecified atom stereocenters. The number of rotatable bonds is 6. The molecule has 0 spiro atoms. The smallest absolute Gasteiger partial charge is 0.316 e. The first-order valence-corrected chi connectivity index (χ1v) is 16.6. The van der Waals surface area contributed by atoms with Crippen molar-refractivity contribution in [2.45, 2.75) is 51.9 Å². The standard InChI is InChI=1S/C40H36N2O5/c1-4-23-11-10-12-24(5-2)37(23)41-21-25(20-32(41)43)40(46)47-26-17-18-31(22(3)19-26)42-38(44)35-33-27-13-6-7-14-28(27)34(36(35)39(42)45)30-16-9-8-15-29(30)33/h6-19,25,33-36H,4-5,20-21H2,1-3H3/t25-,33?,34?,35+,36+/m1/s1. The van der Waals surface area contributed by atoms with Crippen LogP contribution in [0.2, 0.25) is 0 Å². The van der Waals surface area contributed by atoms with E-state index in [2.05, 4.69) is 38.1 Å². The molecule has 2 bridgehead atoms. The summed E-state index contributed by atoms with van der Waals surface area (Å²) in [6.07, 6.45) is 1.67. The van der Waals surface area contributed by atoms with E-state index >= 15 is 0 Å². The van der Waals surface area contributed by atoms with Crippen LogP contribution in [0.3, 0.4) is 0 Å². The number of aryl methyl sites for hydroxylation is 3. The fourth-order valence-corrected chi connectivity index (χ4v) is 8.70. The average molecular weight is 625 g/mol. The van der Waals surface area contributed by atoms with Crippen LogP contribution in [0.1, 0.15) is 71.0 Å². The predicted octanol–water partition coefficient (Wildman–Crippen LogP) is 6.47. The van der Waals surface area contributed by atoms with E-state index in [0.29, 0.717) is 17.0 Å². The van der Waals surface area contributed by atoms with E-state index in [9.17, 15) is 19.2 Å². The number of amides is 3. The number of esters is 1. The van der Waals surface area contributed by atoms with E-state index in [1.54, 1.807) is 23.1 Å². The van der Waals surface area contributed by atoms with Gasteiger partial charge in [-0.3, -0.25) is 19.2 Å². The summed E-state index contributed by atoms with van der Waals surface area (Å²) in [7, 11) is 0. The number of carbonyl (C=O) groups is 4. The van der Waals surface area contributed by atoms with Crippen molar-refractivity contribution < 1.29 is 23.9 Å². The molecule has 9 rings (SSSR count). The SMILES string of the molecule is CCc1cccc(CC)c1N1C[C@H](C(=O)Oc2ccc(N3C(=O)[C@H]4C5c6ccccc6C(c6ccccc65)[C@@H]4C3=O)c(C)c2)CC1=O. The molecule has 47 heavy (non-hydrogen) atoms. The highest BCUT2D eigenvalue weighted by Gasteiger charge is 2.61. The number of imide groups is 1. The number of benzene rings is 4. The van der Waals surface area contributed by atoms with Crippen molar-refractivity contribution in [1.82, 2.24) is 0 Å². The topological polar surface area (TPSA) is 84.0 Å². The Morgan fingerprint density at radius 3 is 1.77 bits per heavy atom. The van der Waals surface area contributed by atoms with E-state index in [0.717, 1.165) is 51.9 Å². The highest BCUT2D eigenvalue weighted by molar-refractivity contribution is 6.23. The van der Waals surface area contributed by atoms with Gasteiger partial charge in [-0.2, -0.15) is 0 Å². The molecule has 4 aromatic carbocycles. The molecule has 2 saturated heterocycles. The number of anilines is 2. The third-order valence-electron chi connectivity index (χ3n) is 10.8. The normalized spacial score (nSPS) is 24.0. The largest absolute Gasteiger partial charge is 0.426 e. The molecule has 0 radical (unpaired) electrons. The predicted molar refractivity (Wildman–Crippen MR) is 179 cm³/mol. The molecular formula is C40H36N2O5. The Hall–Kier alpha value is -5.04. The first-order valence-electron chi connectivity index (χ1n) is 16.6. The highest BCUT2D eigenvalue weighted by atomic mass is 16.5. The zero-order valence-electron chi connectivity index (χ0n) is 26.7. The maximum absolute atomic E-state index is 14.2. The second-order valence-corrected chi connectivity index (χ2v) is 13.2. The molecule has 5 aliphatic rings. The van der Waals surface area contributed by atoms with Gasteiger partial charge in [-0.25, -0.2) is 4.90 Å². The second kappa shape index (κ2) is 11.0. The minimum atomic E-state index is -0.597. The zero-order chi connectivity index (χ0) is 32.6. The number of nitrogens with zero attached hydrogens (tertiary/aromatic N) is 2. The number of carbonyl (C=O) groups excluding carboxylic acids is 4. The molecule has 3 aliphatic carbocycles. The Morgan fingerprint density at radius 2 is 1.28 bits per heavy atom. The number of ether oxygens (including phenoxy) is 1. The lowest BCUT2D eigenvalue weighted by molar-refractivity contribution is -0.139.